The second-order valence-electron chi connectivity index (χ2n) is 18.8. The molecule has 4 fully saturated rings. The molecule has 0 aliphatic heterocycles. The normalized spacial score (nSPS) is 18.7. The molecule has 0 saturated heterocycles. The zero-order chi connectivity index (χ0) is 50.1. The van der Waals surface area contributed by atoms with Crippen LogP contribution in [0.15, 0.2) is 0 Å². The molecular formula is C47H82N4O6S12. The van der Waals surface area contributed by atoms with Crippen molar-refractivity contribution in [1.82, 2.24) is 19.6 Å². The van der Waals surface area contributed by atoms with Crippen LogP contribution in [0.2, 0.25) is 0 Å². The van der Waals surface area contributed by atoms with Crippen LogP contribution in [-0.4, -0.2) is 138 Å². The molecule has 1 unspecified atom stereocenters. The number of hydrogen-bond acceptors (Lipinski definition) is 18. The fourth-order valence-corrected chi connectivity index (χ4v) is 23.9. The predicted octanol–water partition coefficient (Wildman–Crippen LogP) is 14.2. The fraction of sp³-hybridized carbons (Fsp3) is 0.894. The van der Waals surface area contributed by atoms with Crippen LogP contribution in [0.3, 0.4) is 0 Å². The summed E-state index contributed by atoms with van der Waals surface area (Å²) in [6.07, 6.45) is 26.5. The Morgan fingerprint density at radius 3 is 1.14 bits per heavy atom. The van der Waals surface area contributed by atoms with Gasteiger partial charge in [-0.3, -0.25) is 4.18 Å². The van der Waals surface area contributed by atoms with Crippen LogP contribution in [0, 0.1) is 5.41 Å². The van der Waals surface area contributed by atoms with Crippen molar-refractivity contribution >= 4 is 159 Å². The maximum Gasteiger partial charge on any atom is 0.332 e. The van der Waals surface area contributed by atoms with E-state index in [0.29, 0.717) is 37.1 Å². The van der Waals surface area contributed by atoms with E-state index in [1.165, 1.54) is 114 Å². The summed E-state index contributed by atoms with van der Waals surface area (Å²) in [5.41, 5.74) is -3.01. The second-order valence-corrected chi connectivity index (χ2v) is 30.2. The first-order valence-electron chi connectivity index (χ1n) is 25.8. The van der Waals surface area contributed by atoms with Gasteiger partial charge in [0, 0.05) is 61.1 Å². The number of thiocarbonyl (C=S) groups is 4. The van der Waals surface area contributed by atoms with E-state index in [0.717, 1.165) is 157 Å². The molecular weight excluding hydrogens is 1100 g/mol. The predicted molar refractivity (Wildman–Crippen MR) is 324 cm³/mol. The number of esters is 1. The van der Waals surface area contributed by atoms with Crippen LogP contribution in [0.5, 0.6) is 0 Å². The third-order valence-electron chi connectivity index (χ3n) is 13.8. The highest BCUT2D eigenvalue weighted by Crippen LogP contribution is 2.65. The van der Waals surface area contributed by atoms with Gasteiger partial charge < -0.3 is 39.7 Å². The van der Waals surface area contributed by atoms with Crippen LogP contribution >= 0.6 is 136 Å². The molecule has 0 aromatic carbocycles. The van der Waals surface area contributed by atoms with Gasteiger partial charge in [-0.1, -0.05) is 154 Å². The molecule has 22 heteroatoms. The molecule has 0 aromatic heterocycles. The van der Waals surface area contributed by atoms with Crippen molar-refractivity contribution in [1.29, 1.82) is 0 Å². The van der Waals surface area contributed by atoms with Gasteiger partial charge in [0.1, 0.15) is 29.3 Å². The Morgan fingerprint density at radius 1 is 0.522 bits per heavy atom. The second kappa shape index (κ2) is 35.2. The lowest BCUT2D eigenvalue weighted by atomic mass is 9.91. The molecule has 0 radical (unpaired) electrons. The van der Waals surface area contributed by atoms with Crippen LogP contribution in [0.25, 0.3) is 0 Å². The third-order valence-corrected chi connectivity index (χ3v) is 27.6. The van der Waals surface area contributed by atoms with Gasteiger partial charge in [-0.25, -0.2) is 4.79 Å². The molecule has 4 saturated carbocycles. The molecule has 3 N–H and O–H groups in total. The van der Waals surface area contributed by atoms with E-state index in [9.17, 15) is 20.1 Å². The quantitative estimate of drug-likeness (QED) is 0.0238. The van der Waals surface area contributed by atoms with Crippen LogP contribution < -0.4 is 0 Å². The van der Waals surface area contributed by atoms with E-state index in [2.05, 4.69) is 47.3 Å². The maximum absolute atomic E-state index is 13.5. The lowest BCUT2D eigenvalue weighted by molar-refractivity contribution is -0.159. The van der Waals surface area contributed by atoms with Gasteiger partial charge in [0.05, 0.1) is 24.3 Å². The molecule has 0 heterocycles. The number of ether oxygens (including phenoxy) is 1. The van der Waals surface area contributed by atoms with Gasteiger partial charge >= 0.3 is 5.97 Å². The summed E-state index contributed by atoms with van der Waals surface area (Å²) in [6, 6.07) is 1.30. The Hall–Kier alpha value is 1.67. The van der Waals surface area contributed by atoms with E-state index >= 15 is 0 Å². The number of carbonyl (C=O) groups is 1. The molecule has 0 amide bonds. The van der Waals surface area contributed by atoms with E-state index in [4.69, 9.17) is 57.8 Å². The van der Waals surface area contributed by atoms with Crippen molar-refractivity contribution in [2.24, 2.45) is 5.41 Å². The monoisotopic (exact) mass is 1180 g/mol. The summed E-state index contributed by atoms with van der Waals surface area (Å²) in [5.74, 6) is -0.887. The average Bonchev–Trinajstić information content (AvgIpc) is 3.39. The first kappa shape index (κ1) is 63.2. The van der Waals surface area contributed by atoms with Crippen molar-refractivity contribution in [2.75, 3.05) is 46.0 Å². The Balaban J connectivity index is 1.84. The molecule has 1 atom stereocenters. The van der Waals surface area contributed by atoms with Gasteiger partial charge in [0.25, 0.3) is 0 Å². The Labute approximate surface area is 470 Å². The topological polar surface area (TPSA) is 109 Å². The van der Waals surface area contributed by atoms with Gasteiger partial charge in [0.2, 0.25) is 4.27 Å². The highest BCUT2D eigenvalue weighted by Gasteiger charge is 2.62. The summed E-state index contributed by atoms with van der Waals surface area (Å²) in [6.45, 7) is 9.72. The summed E-state index contributed by atoms with van der Waals surface area (Å²) in [5, 5.41) is 34.6. The Kier molecular flexibility index (Phi) is 32.2. The highest BCUT2D eigenvalue weighted by atomic mass is 33.1. The van der Waals surface area contributed by atoms with Crippen LogP contribution in [-0.2, 0) is 13.7 Å². The van der Waals surface area contributed by atoms with Gasteiger partial charge in [-0.05, 0) is 142 Å². The zero-order valence-electron chi connectivity index (χ0n) is 41.6. The van der Waals surface area contributed by atoms with E-state index in [1.54, 1.807) is 0 Å². The first-order chi connectivity index (χ1) is 33.5. The first-order valence-corrected chi connectivity index (χ1v) is 36.0. The number of nitrogens with zero attached hydrogens (tertiary/aromatic N) is 4. The number of rotatable bonds is 27. The van der Waals surface area contributed by atoms with Crippen molar-refractivity contribution < 1.29 is 29.0 Å². The summed E-state index contributed by atoms with van der Waals surface area (Å²) in [7, 11) is 9.34. The summed E-state index contributed by atoms with van der Waals surface area (Å²) < 4.78 is 14.7. The average molecular weight is 1180 g/mol. The number of hydrogen-bond donors (Lipinski definition) is 3. The number of aliphatic hydroxyl groups excluding tert-OH is 3. The van der Waals surface area contributed by atoms with E-state index in [-0.39, 0.29) is 0 Å². The summed E-state index contributed by atoms with van der Waals surface area (Å²) in [4.78, 5) is 22.9. The lowest BCUT2D eigenvalue weighted by Gasteiger charge is -2.48. The van der Waals surface area contributed by atoms with Crippen molar-refractivity contribution in [3.63, 3.8) is 0 Å². The molecule has 0 spiro atoms. The summed E-state index contributed by atoms with van der Waals surface area (Å²) >= 11 is 26.3. The maximum atomic E-state index is 13.5. The van der Waals surface area contributed by atoms with E-state index in [1.807, 2.05) is 0 Å². The van der Waals surface area contributed by atoms with Crippen LogP contribution in [0.1, 0.15) is 182 Å². The van der Waals surface area contributed by atoms with Gasteiger partial charge in [-0.15, -0.1) is 0 Å². The fourth-order valence-electron chi connectivity index (χ4n) is 9.98. The number of carbonyl (C=O) groups excluding carboxylic acids is 1. The largest absolute Gasteiger partial charge is 0.448 e. The van der Waals surface area contributed by atoms with Crippen molar-refractivity contribution in [3.8, 4) is 0 Å². The molecule has 10 nitrogen and oxygen atoms in total. The molecule has 0 aromatic rings. The van der Waals surface area contributed by atoms with Crippen LogP contribution in [0.4, 0.5) is 0 Å². The Bertz CT molecular complexity index is 1490. The third kappa shape index (κ3) is 19.3. The minimum absolute atomic E-state index is 0.310. The molecule has 0 bridgehead atoms. The molecule has 4 aliphatic carbocycles. The minimum Gasteiger partial charge on any atom is -0.448 e. The lowest BCUT2D eigenvalue weighted by Crippen LogP contribution is -2.57. The molecule has 69 heavy (non-hydrogen) atoms. The highest BCUT2D eigenvalue weighted by molar-refractivity contribution is 8.92. The SMILES string of the molecule is CCCN(C(=S)SSOC(SSC(=S)N(CCC)C1CCCCC1)(SSC(=S)N(CCC)C1CCCCC1)C(CO)(CO)C(OC(=O)CO)SSC(=S)N(CCC)C1CCCCC1)C1CCCCC1. The van der Waals surface area contributed by atoms with Gasteiger partial charge in [-0.2, -0.15) is 0 Å². The Morgan fingerprint density at radius 2 is 0.841 bits per heavy atom. The molecule has 398 valence electrons. The van der Waals surface area contributed by atoms with Gasteiger partial charge in [0.15, 0.2) is 5.44 Å². The smallest absolute Gasteiger partial charge is 0.332 e. The van der Waals surface area contributed by atoms with Crippen molar-refractivity contribution in [2.45, 2.75) is 216 Å². The zero-order valence-corrected chi connectivity index (χ0v) is 51.4. The van der Waals surface area contributed by atoms with E-state index < -0.39 is 40.9 Å². The van der Waals surface area contributed by atoms with Crippen molar-refractivity contribution in [3.05, 3.63) is 0 Å². The molecule has 4 rings (SSSR count). The minimum atomic E-state index is -1.74. The number of aliphatic hydroxyl groups is 3. The standard InChI is InChI=1S/C47H82N4O6S12/c1-5-29-48(36-21-13-9-14-22-36)42(58)63-62-41(56-40(55)33-52)46(34-53,35-54)47(67-64-43(59)49(30-6-2)37-23-15-10-16-24-37,68-65-44(60)50(31-7-3)38-25-17-11-18-26-38)57-69-66-45(61)51(32-8-4)39-27-19-12-20-28-39/h36-39,41,52-54H,5-35H2,1-4H3. The molecule has 4 aliphatic rings.